The summed E-state index contributed by atoms with van der Waals surface area (Å²) in [5, 5.41) is 0. The summed E-state index contributed by atoms with van der Waals surface area (Å²) in [4.78, 5) is 20.5. The topological polar surface area (TPSA) is 57.0 Å². The number of carbonyl (C=O) groups excluding carboxylic acids is 1. The fourth-order valence-electron chi connectivity index (χ4n) is 2.56. The Balaban J connectivity index is 2.11. The minimum absolute atomic E-state index is 0.0580. The number of aromatic nitrogens is 3. The first-order valence-corrected chi connectivity index (χ1v) is 8.30. The predicted molar refractivity (Wildman–Crippen MR) is 91.9 cm³/mol. The molecule has 2 heterocycles. The lowest BCUT2D eigenvalue weighted by molar-refractivity contribution is -0.0328. The van der Waals surface area contributed by atoms with Gasteiger partial charge in [-0.2, -0.15) is 13.2 Å². The molecule has 3 aromatic rings. The Hall–Kier alpha value is -2.55. The molecule has 0 atom stereocenters. The van der Waals surface area contributed by atoms with Crippen LogP contribution in [0.5, 0.6) is 0 Å². The third-order valence-electron chi connectivity index (χ3n) is 3.79. The Morgan fingerprint density at radius 2 is 1.92 bits per heavy atom. The van der Waals surface area contributed by atoms with Crippen LogP contribution in [0, 0.1) is 6.92 Å². The van der Waals surface area contributed by atoms with Crippen LogP contribution in [0.25, 0.3) is 22.6 Å². The Bertz CT molecular complexity index is 999. The number of benzene rings is 1. The molecule has 0 spiro atoms. The normalized spacial score (nSPS) is 11.8. The number of pyridine rings is 1. The van der Waals surface area contributed by atoms with E-state index < -0.39 is 11.5 Å². The fourth-order valence-corrected chi connectivity index (χ4v) is 3.14. The fraction of sp³-hybridized carbons (Fsp3) is 0.235. The van der Waals surface area contributed by atoms with E-state index in [0.717, 1.165) is 5.56 Å². The number of fused-ring (bicyclic) bond motifs is 1. The van der Waals surface area contributed by atoms with Crippen LogP contribution in [0.3, 0.4) is 0 Å². The highest BCUT2D eigenvalue weighted by Crippen LogP contribution is 2.38. The average molecular weight is 381 g/mol. The second-order valence-electron chi connectivity index (χ2n) is 5.55. The molecule has 0 aliphatic rings. The summed E-state index contributed by atoms with van der Waals surface area (Å²) in [5.41, 5.74) is -1.90. The first kappa shape index (κ1) is 18.2. The van der Waals surface area contributed by atoms with Crippen molar-refractivity contribution >= 4 is 28.8 Å². The molecular formula is C17H14F3N3O2S. The molecule has 26 heavy (non-hydrogen) atoms. The number of nitrogens with zero attached hydrogens (tertiary/aromatic N) is 3. The number of rotatable bonds is 3. The van der Waals surface area contributed by atoms with Crippen molar-refractivity contribution in [1.29, 1.82) is 0 Å². The molecule has 1 aromatic carbocycles. The quantitative estimate of drug-likeness (QED) is 0.499. The maximum absolute atomic E-state index is 12.6. The van der Waals surface area contributed by atoms with Crippen molar-refractivity contribution in [3.05, 3.63) is 41.6 Å². The van der Waals surface area contributed by atoms with Crippen LogP contribution in [0.15, 0.2) is 35.2 Å². The molecule has 0 bridgehead atoms. The van der Waals surface area contributed by atoms with Gasteiger partial charge in [-0.05, 0) is 48.5 Å². The highest BCUT2D eigenvalue weighted by atomic mass is 32.2. The standard InChI is InChI=1S/C17H14F3N3O2S/c1-9-4-6-11(16(24)25-3)21-14(9)15-22-12-8-10(26-17(18,19)20)5-7-13(12)23(15)2/h4-8H,1-3H3. The number of esters is 1. The van der Waals surface area contributed by atoms with E-state index in [1.54, 1.807) is 29.8 Å². The minimum Gasteiger partial charge on any atom is -0.464 e. The van der Waals surface area contributed by atoms with E-state index in [4.69, 9.17) is 0 Å². The van der Waals surface area contributed by atoms with Crippen LogP contribution in [0.2, 0.25) is 0 Å². The third kappa shape index (κ3) is 3.52. The van der Waals surface area contributed by atoms with Gasteiger partial charge in [0.15, 0.2) is 5.82 Å². The summed E-state index contributed by atoms with van der Waals surface area (Å²) in [5.74, 6) is -0.119. The zero-order valence-electron chi connectivity index (χ0n) is 14.1. The lowest BCUT2D eigenvalue weighted by atomic mass is 10.2. The maximum atomic E-state index is 12.6. The van der Waals surface area contributed by atoms with Gasteiger partial charge >= 0.3 is 11.5 Å². The number of aryl methyl sites for hydroxylation is 2. The number of alkyl halides is 3. The van der Waals surface area contributed by atoms with Crippen LogP contribution >= 0.6 is 11.8 Å². The number of hydrogen-bond donors (Lipinski definition) is 0. The predicted octanol–water partition coefficient (Wildman–Crippen LogP) is 4.34. The van der Waals surface area contributed by atoms with Gasteiger partial charge in [0.25, 0.3) is 0 Å². The summed E-state index contributed by atoms with van der Waals surface area (Å²) < 4.78 is 44.2. The molecule has 0 radical (unpaired) electrons. The number of methoxy groups -OCH3 is 1. The van der Waals surface area contributed by atoms with E-state index in [9.17, 15) is 18.0 Å². The Kier molecular flexibility index (Phi) is 4.66. The van der Waals surface area contributed by atoms with Gasteiger partial charge in [-0.15, -0.1) is 0 Å². The van der Waals surface area contributed by atoms with E-state index in [1.165, 1.54) is 19.2 Å². The van der Waals surface area contributed by atoms with Gasteiger partial charge in [-0.1, -0.05) is 6.07 Å². The van der Waals surface area contributed by atoms with Crippen LogP contribution < -0.4 is 0 Å². The molecule has 0 fully saturated rings. The molecule has 2 aromatic heterocycles. The monoisotopic (exact) mass is 381 g/mol. The highest BCUT2D eigenvalue weighted by Gasteiger charge is 2.29. The van der Waals surface area contributed by atoms with Crippen LogP contribution in [-0.4, -0.2) is 33.1 Å². The first-order valence-electron chi connectivity index (χ1n) is 7.48. The van der Waals surface area contributed by atoms with Crippen molar-refractivity contribution in [3.8, 4) is 11.5 Å². The number of hydrogen-bond acceptors (Lipinski definition) is 5. The molecule has 0 amide bonds. The van der Waals surface area contributed by atoms with Gasteiger partial charge in [0.2, 0.25) is 0 Å². The van der Waals surface area contributed by atoms with Gasteiger partial charge in [0.05, 0.1) is 18.1 Å². The molecule has 136 valence electrons. The SMILES string of the molecule is COC(=O)c1ccc(C)c(-c2nc3cc(SC(F)(F)F)ccc3n2C)n1. The Morgan fingerprint density at radius 3 is 2.58 bits per heavy atom. The number of ether oxygens (including phenoxy) is 1. The number of thioether (sulfide) groups is 1. The van der Waals surface area contributed by atoms with Crippen molar-refractivity contribution in [2.75, 3.05) is 7.11 Å². The third-order valence-corrected chi connectivity index (χ3v) is 4.51. The van der Waals surface area contributed by atoms with E-state index in [0.29, 0.717) is 22.6 Å². The van der Waals surface area contributed by atoms with Gasteiger partial charge in [-0.25, -0.2) is 14.8 Å². The lowest BCUT2D eigenvalue weighted by Crippen LogP contribution is -2.07. The zero-order chi connectivity index (χ0) is 19.1. The average Bonchev–Trinajstić information content (AvgIpc) is 2.89. The maximum Gasteiger partial charge on any atom is 0.446 e. The molecule has 0 aliphatic carbocycles. The van der Waals surface area contributed by atoms with Gasteiger partial charge in [-0.3, -0.25) is 0 Å². The second-order valence-corrected chi connectivity index (χ2v) is 6.68. The molecule has 0 aliphatic heterocycles. The summed E-state index contributed by atoms with van der Waals surface area (Å²) in [6, 6.07) is 7.64. The van der Waals surface area contributed by atoms with Crippen molar-refractivity contribution in [3.63, 3.8) is 0 Å². The van der Waals surface area contributed by atoms with Crippen molar-refractivity contribution in [2.24, 2.45) is 7.05 Å². The lowest BCUT2D eigenvalue weighted by Gasteiger charge is -2.07. The molecule has 0 unspecified atom stereocenters. The van der Waals surface area contributed by atoms with E-state index in [1.807, 2.05) is 6.92 Å². The number of imidazole rings is 1. The molecule has 0 N–H and O–H groups in total. The molecule has 3 rings (SSSR count). The van der Waals surface area contributed by atoms with Crippen LogP contribution in [0.1, 0.15) is 16.1 Å². The molecule has 0 saturated heterocycles. The largest absolute Gasteiger partial charge is 0.464 e. The van der Waals surface area contributed by atoms with Crippen molar-refractivity contribution in [2.45, 2.75) is 17.3 Å². The van der Waals surface area contributed by atoms with Gasteiger partial charge in [0, 0.05) is 11.9 Å². The van der Waals surface area contributed by atoms with Crippen molar-refractivity contribution < 1.29 is 22.7 Å². The number of halogens is 3. The Morgan fingerprint density at radius 1 is 1.19 bits per heavy atom. The van der Waals surface area contributed by atoms with E-state index >= 15 is 0 Å². The smallest absolute Gasteiger partial charge is 0.446 e. The van der Waals surface area contributed by atoms with Crippen LogP contribution in [-0.2, 0) is 11.8 Å². The first-order chi connectivity index (χ1) is 12.2. The van der Waals surface area contributed by atoms with Crippen molar-refractivity contribution in [1.82, 2.24) is 14.5 Å². The summed E-state index contributed by atoms with van der Waals surface area (Å²) >= 11 is -0.187. The second kappa shape index (κ2) is 6.64. The van der Waals surface area contributed by atoms with Gasteiger partial charge < -0.3 is 9.30 Å². The zero-order valence-corrected chi connectivity index (χ0v) is 14.9. The van der Waals surface area contributed by atoms with Gasteiger partial charge in [0.1, 0.15) is 11.4 Å². The molecule has 9 heteroatoms. The van der Waals surface area contributed by atoms with Crippen LogP contribution in [0.4, 0.5) is 13.2 Å². The summed E-state index contributed by atoms with van der Waals surface area (Å²) in [6.45, 7) is 1.81. The Labute approximate surface area is 151 Å². The molecule has 5 nitrogen and oxygen atoms in total. The van der Waals surface area contributed by atoms with E-state index in [2.05, 4.69) is 14.7 Å². The highest BCUT2D eigenvalue weighted by molar-refractivity contribution is 8.00. The number of carbonyl (C=O) groups is 1. The summed E-state index contributed by atoms with van der Waals surface area (Å²) in [7, 11) is 3.01. The molecule has 0 saturated carbocycles. The minimum atomic E-state index is -4.36. The molecular weight excluding hydrogens is 367 g/mol. The van der Waals surface area contributed by atoms with E-state index in [-0.39, 0.29) is 22.4 Å². The summed E-state index contributed by atoms with van der Waals surface area (Å²) in [6.07, 6.45) is 0.